The van der Waals surface area contributed by atoms with Gasteiger partial charge in [-0.3, -0.25) is 4.79 Å². The summed E-state index contributed by atoms with van der Waals surface area (Å²) in [5.74, 6) is 1.65. The number of amides is 1. The van der Waals surface area contributed by atoms with Gasteiger partial charge in [0.2, 0.25) is 5.91 Å². The first kappa shape index (κ1) is 33.4. The van der Waals surface area contributed by atoms with E-state index in [2.05, 4.69) is 60.5 Å². The molecule has 1 unspecified atom stereocenters. The molecular formula is C40H44N4O3. The normalized spacial score (nSPS) is 11.7. The first-order valence-electron chi connectivity index (χ1n) is 16.2. The van der Waals surface area contributed by atoms with Crippen molar-refractivity contribution < 1.29 is 14.3 Å². The quantitative estimate of drug-likeness (QED) is 0.129. The highest BCUT2D eigenvalue weighted by Crippen LogP contribution is 2.34. The number of rotatable bonds is 15. The molecule has 47 heavy (non-hydrogen) atoms. The Morgan fingerprint density at radius 2 is 1.32 bits per heavy atom. The van der Waals surface area contributed by atoms with Crippen molar-refractivity contribution in [3.63, 3.8) is 0 Å². The Hall–Kier alpha value is -5.01. The molecule has 242 valence electrons. The van der Waals surface area contributed by atoms with Crippen LogP contribution in [0.5, 0.6) is 5.75 Å². The van der Waals surface area contributed by atoms with Gasteiger partial charge >= 0.3 is 0 Å². The van der Waals surface area contributed by atoms with Crippen LogP contribution in [-0.4, -0.2) is 49.3 Å². The Morgan fingerprint density at radius 1 is 0.745 bits per heavy atom. The van der Waals surface area contributed by atoms with Crippen LogP contribution >= 0.6 is 0 Å². The summed E-state index contributed by atoms with van der Waals surface area (Å²) in [5.41, 5.74) is 6.44. The zero-order valence-electron chi connectivity index (χ0n) is 27.7. The number of hydrogen-bond acceptors (Lipinski definition) is 6. The maximum absolute atomic E-state index is 14.2. The van der Waals surface area contributed by atoms with Gasteiger partial charge in [-0.25, -0.2) is 9.97 Å². The topological polar surface area (TPSA) is 76.6 Å². The van der Waals surface area contributed by atoms with Gasteiger partial charge in [-0.15, -0.1) is 0 Å². The third-order valence-corrected chi connectivity index (χ3v) is 8.06. The fourth-order valence-electron chi connectivity index (χ4n) is 5.67. The molecule has 1 aromatic heterocycles. The molecule has 7 nitrogen and oxygen atoms in total. The SMILES string of the molecule is COCCN(c1nc(-c2ccccc2)c(-c2ccccc2)nc1Cc1ccccc1)C(CC(C)C)C(=O)NCc1ccc(OC)cc1. The number of aromatic nitrogens is 2. The molecule has 0 radical (unpaired) electrons. The van der Waals surface area contributed by atoms with Crippen molar-refractivity contribution in [2.75, 3.05) is 32.3 Å². The molecule has 1 N–H and O–H groups in total. The van der Waals surface area contributed by atoms with E-state index in [-0.39, 0.29) is 11.8 Å². The minimum absolute atomic E-state index is 0.0634. The summed E-state index contributed by atoms with van der Waals surface area (Å²) in [6.07, 6.45) is 1.19. The van der Waals surface area contributed by atoms with E-state index < -0.39 is 6.04 Å². The Balaban J connectivity index is 1.64. The summed E-state index contributed by atoms with van der Waals surface area (Å²) < 4.78 is 10.9. The summed E-state index contributed by atoms with van der Waals surface area (Å²) in [5, 5.41) is 3.21. The number of nitrogens with zero attached hydrogens (tertiary/aromatic N) is 3. The summed E-state index contributed by atoms with van der Waals surface area (Å²) in [6.45, 7) is 5.58. The minimum atomic E-state index is -0.501. The lowest BCUT2D eigenvalue weighted by molar-refractivity contribution is -0.123. The molecule has 0 fully saturated rings. The number of carbonyl (C=O) groups excluding carboxylic acids is 1. The highest BCUT2D eigenvalue weighted by Gasteiger charge is 2.31. The van der Waals surface area contributed by atoms with Gasteiger partial charge < -0.3 is 19.7 Å². The predicted octanol–water partition coefficient (Wildman–Crippen LogP) is 7.59. The van der Waals surface area contributed by atoms with E-state index in [1.807, 2.05) is 78.9 Å². The van der Waals surface area contributed by atoms with Gasteiger partial charge in [-0.2, -0.15) is 0 Å². The standard InChI is InChI=1S/C40H44N4O3/c1-29(2)26-36(40(45)41-28-31-20-22-34(47-4)23-21-31)44(24-25-46-3)39-35(27-30-14-8-5-9-15-30)42-37(32-16-10-6-11-17-32)38(43-39)33-18-12-7-13-19-33/h5-23,29,36H,24-28H2,1-4H3,(H,41,45). The van der Waals surface area contributed by atoms with Crippen LogP contribution in [0, 0.1) is 5.92 Å². The minimum Gasteiger partial charge on any atom is -0.497 e. The van der Waals surface area contributed by atoms with Crippen molar-refractivity contribution in [3.05, 3.63) is 132 Å². The molecule has 0 aliphatic carbocycles. The molecule has 5 aromatic rings. The summed E-state index contributed by atoms with van der Waals surface area (Å²) >= 11 is 0. The van der Waals surface area contributed by atoms with Crippen molar-refractivity contribution in [2.24, 2.45) is 5.92 Å². The fourth-order valence-corrected chi connectivity index (χ4v) is 5.67. The smallest absolute Gasteiger partial charge is 0.243 e. The Morgan fingerprint density at radius 3 is 1.87 bits per heavy atom. The lowest BCUT2D eigenvalue weighted by Crippen LogP contribution is -2.49. The molecule has 1 atom stereocenters. The van der Waals surface area contributed by atoms with Gasteiger partial charge in [0.15, 0.2) is 5.82 Å². The molecule has 0 bridgehead atoms. The lowest BCUT2D eigenvalue weighted by atomic mass is 9.99. The molecule has 4 aromatic carbocycles. The predicted molar refractivity (Wildman–Crippen MR) is 189 cm³/mol. The second-order valence-corrected chi connectivity index (χ2v) is 12.0. The van der Waals surface area contributed by atoms with Crippen LogP contribution in [0.4, 0.5) is 5.82 Å². The van der Waals surface area contributed by atoms with Gasteiger partial charge in [0.1, 0.15) is 11.8 Å². The Bertz CT molecular complexity index is 1700. The summed E-state index contributed by atoms with van der Waals surface area (Å²) in [4.78, 5) is 27.1. The molecular weight excluding hydrogens is 584 g/mol. The third kappa shape index (κ3) is 8.83. The molecule has 1 amide bonds. The summed E-state index contributed by atoms with van der Waals surface area (Å²) in [6, 6.07) is 37.9. The van der Waals surface area contributed by atoms with Crippen LogP contribution < -0.4 is 15.0 Å². The van der Waals surface area contributed by atoms with Crippen LogP contribution in [0.1, 0.15) is 37.1 Å². The molecule has 7 heteroatoms. The fraction of sp³-hybridized carbons (Fsp3) is 0.275. The third-order valence-electron chi connectivity index (χ3n) is 8.06. The van der Waals surface area contributed by atoms with Crippen LogP contribution in [0.3, 0.4) is 0 Å². The average molecular weight is 629 g/mol. The zero-order chi connectivity index (χ0) is 33.0. The number of anilines is 1. The number of methoxy groups -OCH3 is 2. The van der Waals surface area contributed by atoms with E-state index in [0.29, 0.717) is 38.4 Å². The van der Waals surface area contributed by atoms with Crippen LogP contribution in [0.25, 0.3) is 22.5 Å². The van der Waals surface area contributed by atoms with E-state index in [0.717, 1.165) is 45.1 Å². The number of carbonyl (C=O) groups is 1. The zero-order valence-corrected chi connectivity index (χ0v) is 27.7. The van der Waals surface area contributed by atoms with Crippen molar-refractivity contribution in [1.82, 2.24) is 15.3 Å². The van der Waals surface area contributed by atoms with Crippen LogP contribution in [0.2, 0.25) is 0 Å². The van der Waals surface area contributed by atoms with E-state index >= 15 is 0 Å². The average Bonchev–Trinajstić information content (AvgIpc) is 3.11. The van der Waals surface area contributed by atoms with E-state index in [9.17, 15) is 4.79 Å². The molecule has 0 spiro atoms. The molecule has 0 aliphatic heterocycles. The Kier molecular flexibility index (Phi) is 11.7. The summed E-state index contributed by atoms with van der Waals surface area (Å²) in [7, 11) is 3.33. The Labute approximate surface area is 278 Å². The lowest BCUT2D eigenvalue weighted by Gasteiger charge is -2.34. The number of hydrogen-bond donors (Lipinski definition) is 1. The highest BCUT2D eigenvalue weighted by molar-refractivity contribution is 5.86. The van der Waals surface area contributed by atoms with Crippen molar-refractivity contribution in [1.29, 1.82) is 0 Å². The number of nitrogens with one attached hydrogen (secondary N) is 1. The van der Waals surface area contributed by atoms with E-state index in [4.69, 9.17) is 19.4 Å². The first-order chi connectivity index (χ1) is 23.0. The number of benzene rings is 4. The second kappa shape index (κ2) is 16.5. The van der Waals surface area contributed by atoms with E-state index in [1.165, 1.54) is 0 Å². The molecule has 1 heterocycles. The molecule has 0 saturated carbocycles. The van der Waals surface area contributed by atoms with Gasteiger partial charge in [0.05, 0.1) is 30.8 Å². The van der Waals surface area contributed by atoms with E-state index in [1.54, 1.807) is 14.2 Å². The largest absolute Gasteiger partial charge is 0.497 e. The monoisotopic (exact) mass is 628 g/mol. The van der Waals surface area contributed by atoms with Crippen molar-refractivity contribution in [2.45, 2.75) is 39.3 Å². The van der Waals surface area contributed by atoms with Gasteiger partial charge in [-0.1, -0.05) is 117 Å². The molecule has 0 saturated heterocycles. The highest BCUT2D eigenvalue weighted by atomic mass is 16.5. The molecule has 5 rings (SSSR count). The number of ether oxygens (including phenoxy) is 2. The molecule has 0 aliphatic rings. The second-order valence-electron chi connectivity index (χ2n) is 12.0. The maximum Gasteiger partial charge on any atom is 0.243 e. The maximum atomic E-state index is 14.2. The first-order valence-corrected chi connectivity index (χ1v) is 16.2. The van der Waals surface area contributed by atoms with Crippen LogP contribution in [-0.2, 0) is 22.5 Å². The van der Waals surface area contributed by atoms with Gasteiger partial charge in [-0.05, 0) is 35.6 Å². The van der Waals surface area contributed by atoms with Gasteiger partial charge in [0.25, 0.3) is 0 Å². The van der Waals surface area contributed by atoms with Crippen LogP contribution in [0.15, 0.2) is 115 Å². The van der Waals surface area contributed by atoms with Gasteiger partial charge in [0, 0.05) is 37.7 Å². The van der Waals surface area contributed by atoms with Crippen molar-refractivity contribution >= 4 is 11.7 Å². The van der Waals surface area contributed by atoms with Crippen molar-refractivity contribution in [3.8, 4) is 28.3 Å².